The van der Waals surface area contributed by atoms with E-state index in [9.17, 15) is 9.59 Å². The van der Waals surface area contributed by atoms with Crippen LogP contribution >= 0.6 is 11.6 Å². The van der Waals surface area contributed by atoms with Crippen molar-refractivity contribution < 1.29 is 14.3 Å². The molecular weight excluding hydrogens is 518 g/mol. The summed E-state index contributed by atoms with van der Waals surface area (Å²) in [6, 6.07) is 8.68. The fourth-order valence-electron chi connectivity index (χ4n) is 4.86. The van der Waals surface area contributed by atoms with E-state index in [-0.39, 0.29) is 23.9 Å². The van der Waals surface area contributed by atoms with Gasteiger partial charge in [0.05, 0.1) is 23.0 Å². The number of nitrogens with zero attached hydrogens (tertiary/aromatic N) is 4. The zero-order valence-electron chi connectivity index (χ0n) is 22.2. The molecule has 2 aliphatic heterocycles. The number of nitrogens with one attached hydrogen (secondary N) is 3. The van der Waals surface area contributed by atoms with Gasteiger partial charge in [-0.3, -0.25) is 9.59 Å². The number of fused-ring (bicyclic) bond motifs is 1. The van der Waals surface area contributed by atoms with Crippen molar-refractivity contribution in [2.24, 2.45) is 0 Å². The Morgan fingerprint density at radius 2 is 1.95 bits per heavy atom. The molecule has 0 saturated carbocycles. The average Bonchev–Trinajstić information content (AvgIpc) is 3.29. The van der Waals surface area contributed by atoms with Gasteiger partial charge in [-0.05, 0) is 56.0 Å². The van der Waals surface area contributed by atoms with E-state index < -0.39 is 6.04 Å². The van der Waals surface area contributed by atoms with Gasteiger partial charge in [0, 0.05) is 50.2 Å². The van der Waals surface area contributed by atoms with Crippen LogP contribution in [0, 0.1) is 0 Å². The van der Waals surface area contributed by atoms with Crippen molar-refractivity contribution in [1.29, 1.82) is 0 Å². The van der Waals surface area contributed by atoms with Crippen molar-refractivity contribution in [3.8, 4) is 11.3 Å². The summed E-state index contributed by atoms with van der Waals surface area (Å²) in [7, 11) is 1.79. The summed E-state index contributed by atoms with van der Waals surface area (Å²) in [5, 5.41) is 9.77. The molecule has 0 spiro atoms. The maximum Gasteiger partial charge on any atom is 0.255 e. The van der Waals surface area contributed by atoms with Gasteiger partial charge in [0.15, 0.2) is 0 Å². The average molecular weight is 550 g/mol. The first-order valence-corrected chi connectivity index (χ1v) is 13.5. The number of pyridine rings is 1. The predicted molar refractivity (Wildman–Crippen MR) is 150 cm³/mol. The van der Waals surface area contributed by atoms with E-state index in [4.69, 9.17) is 16.3 Å². The molecule has 11 heteroatoms. The number of anilines is 2. The van der Waals surface area contributed by atoms with Gasteiger partial charge in [0.2, 0.25) is 11.9 Å². The van der Waals surface area contributed by atoms with Crippen molar-refractivity contribution in [3.63, 3.8) is 0 Å². The second-order valence-corrected chi connectivity index (χ2v) is 10.3. The lowest BCUT2D eigenvalue weighted by molar-refractivity contribution is -0.125. The van der Waals surface area contributed by atoms with Crippen LogP contribution in [0.4, 0.5) is 11.8 Å². The number of hydrogen-bond acceptors (Lipinski definition) is 8. The molecule has 1 saturated heterocycles. The standard InChI is InChI=1S/C28H32ClN7O3/c1-16(18-6-9-31-24(13-18)30-3)33-26(37)17(2)36-15-20-5-4-19(12-22(20)27(36)38)25-23(29)14-32-28(35-25)34-21-7-10-39-11-8-21/h4-6,9,12-14,16-17,21H,7-8,10-11,15H2,1-3H3,(H,30,31)(H,33,37)(H,32,34,35). The normalized spacial score (nSPS) is 16.9. The Labute approximate surface area is 232 Å². The number of halogens is 1. The molecule has 2 amide bonds. The highest BCUT2D eigenvalue weighted by Gasteiger charge is 2.34. The van der Waals surface area contributed by atoms with Gasteiger partial charge in [-0.15, -0.1) is 0 Å². The van der Waals surface area contributed by atoms with Crippen molar-refractivity contribution >= 4 is 35.2 Å². The van der Waals surface area contributed by atoms with Gasteiger partial charge < -0.3 is 25.6 Å². The highest BCUT2D eigenvalue weighted by atomic mass is 35.5. The van der Waals surface area contributed by atoms with Crippen LogP contribution in [0.5, 0.6) is 0 Å². The van der Waals surface area contributed by atoms with Crippen LogP contribution in [0.2, 0.25) is 5.02 Å². The Morgan fingerprint density at radius 3 is 2.72 bits per heavy atom. The Balaban J connectivity index is 1.29. The van der Waals surface area contributed by atoms with Crippen LogP contribution in [0.3, 0.4) is 0 Å². The Hall–Kier alpha value is -3.76. The zero-order valence-corrected chi connectivity index (χ0v) is 23.0. The third kappa shape index (κ3) is 5.81. The maximum absolute atomic E-state index is 13.4. The van der Waals surface area contributed by atoms with Crippen LogP contribution in [0.1, 0.15) is 54.2 Å². The molecule has 39 heavy (non-hydrogen) atoms. The quantitative estimate of drug-likeness (QED) is 0.385. The van der Waals surface area contributed by atoms with Crippen LogP contribution in [-0.4, -0.2) is 64.0 Å². The van der Waals surface area contributed by atoms with Gasteiger partial charge in [0.25, 0.3) is 5.91 Å². The minimum Gasteiger partial charge on any atom is -0.381 e. The second-order valence-electron chi connectivity index (χ2n) is 9.86. The SMILES string of the molecule is CNc1cc(C(C)NC(=O)C(C)N2Cc3ccc(-c4nc(NC5CCOCC5)ncc4Cl)cc3C2=O)ccn1. The molecule has 0 radical (unpaired) electrons. The molecule has 2 aromatic heterocycles. The summed E-state index contributed by atoms with van der Waals surface area (Å²) in [5.74, 6) is 0.784. The van der Waals surface area contributed by atoms with E-state index in [0.717, 1.165) is 35.3 Å². The monoisotopic (exact) mass is 549 g/mol. The van der Waals surface area contributed by atoms with Crippen LogP contribution in [0.15, 0.2) is 42.7 Å². The summed E-state index contributed by atoms with van der Waals surface area (Å²) in [6.07, 6.45) is 5.03. The zero-order chi connectivity index (χ0) is 27.5. The molecule has 3 N–H and O–H groups in total. The minimum absolute atomic E-state index is 0.200. The number of rotatable bonds is 8. The number of benzene rings is 1. The summed E-state index contributed by atoms with van der Waals surface area (Å²) in [4.78, 5) is 41.3. The Morgan fingerprint density at radius 1 is 1.15 bits per heavy atom. The largest absolute Gasteiger partial charge is 0.381 e. The molecule has 0 bridgehead atoms. The van der Waals surface area contributed by atoms with E-state index >= 15 is 0 Å². The molecule has 2 atom stereocenters. The van der Waals surface area contributed by atoms with Gasteiger partial charge >= 0.3 is 0 Å². The molecule has 2 unspecified atom stereocenters. The summed E-state index contributed by atoms with van der Waals surface area (Å²) in [5.41, 5.74) is 3.59. The van der Waals surface area contributed by atoms with Crippen molar-refractivity contribution in [1.82, 2.24) is 25.2 Å². The maximum atomic E-state index is 13.4. The molecule has 1 aromatic carbocycles. The molecule has 5 rings (SSSR count). The van der Waals surface area contributed by atoms with E-state index in [2.05, 4.69) is 30.9 Å². The third-order valence-electron chi connectivity index (χ3n) is 7.26. The topological polar surface area (TPSA) is 121 Å². The smallest absolute Gasteiger partial charge is 0.255 e. The fraction of sp³-hybridized carbons (Fsp3) is 0.393. The van der Waals surface area contributed by atoms with Crippen LogP contribution in [0.25, 0.3) is 11.3 Å². The second kappa shape index (κ2) is 11.5. The predicted octanol–water partition coefficient (Wildman–Crippen LogP) is 4.05. The van der Waals surface area contributed by atoms with E-state index in [0.29, 0.717) is 42.0 Å². The van der Waals surface area contributed by atoms with Gasteiger partial charge in [-0.25, -0.2) is 15.0 Å². The van der Waals surface area contributed by atoms with Crippen LogP contribution < -0.4 is 16.0 Å². The first-order valence-electron chi connectivity index (χ1n) is 13.1. The highest BCUT2D eigenvalue weighted by molar-refractivity contribution is 6.33. The molecule has 2 aliphatic rings. The third-order valence-corrected chi connectivity index (χ3v) is 7.54. The minimum atomic E-state index is -0.653. The number of ether oxygens (including phenoxy) is 1. The Bertz CT molecular complexity index is 1380. The molecule has 3 aromatic rings. The first kappa shape index (κ1) is 26.8. The number of aromatic nitrogens is 3. The summed E-state index contributed by atoms with van der Waals surface area (Å²) >= 11 is 6.47. The lowest BCUT2D eigenvalue weighted by atomic mass is 10.0. The number of amides is 2. The van der Waals surface area contributed by atoms with E-state index in [1.54, 1.807) is 37.3 Å². The molecule has 4 heterocycles. The molecule has 0 aliphatic carbocycles. The molecule has 204 valence electrons. The number of hydrogen-bond donors (Lipinski definition) is 3. The molecule has 1 fully saturated rings. The van der Waals surface area contributed by atoms with Gasteiger partial charge in [-0.2, -0.15) is 0 Å². The summed E-state index contributed by atoms with van der Waals surface area (Å²) in [6.45, 7) is 5.41. The lowest BCUT2D eigenvalue weighted by Gasteiger charge is -2.25. The van der Waals surface area contributed by atoms with E-state index in [1.165, 1.54) is 0 Å². The van der Waals surface area contributed by atoms with E-state index in [1.807, 2.05) is 31.2 Å². The number of carbonyl (C=O) groups excluding carboxylic acids is 2. The summed E-state index contributed by atoms with van der Waals surface area (Å²) < 4.78 is 5.42. The first-order chi connectivity index (χ1) is 18.8. The fourth-order valence-corrected chi connectivity index (χ4v) is 5.06. The Kier molecular flexibility index (Phi) is 7.94. The molecule has 10 nitrogen and oxygen atoms in total. The highest BCUT2D eigenvalue weighted by Crippen LogP contribution is 2.32. The van der Waals surface area contributed by atoms with Crippen molar-refractivity contribution in [3.05, 3.63) is 64.4 Å². The van der Waals surface area contributed by atoms with Crippen molar-refractivity contribution in [2.75, 3.05) is 30.9 Å². The molecular formula is C28H32ClN7O3. The number of carbonyl (C=O) groups is 2. The van der Waals surface area contributed by atoms with Crippen molar-refractivity contribution in [2.45, 2.75) is 51.4 Å². The van der Waals surface area contributed by atoms with Gasteiger partial charge in [0.1, 0.15) is 11.9 Å². The lowest BCUT2D eigenvalue weighted by Crippen LogP contribution is -2.45. The van der Waals surface area contributed by atoms with Crippen LogP contribution in [-0.2, 0) is 16.1 Å². The van der Waals surface area contributed by atoms with Gasteiger partial charge in [-0.1, -0.05) is 23.7 Å².